The van der Waals surface area contributed by atoms with Gasteiger partial charge in [0.15, 0.2) is 0 Å². The molecule has 0 fully saturated rings. The number of aromatic hydroxyl groups is 1. The number of nitrogens with zero attached hydrogens (tertiary/aromatic N) is 1. The van der Waals surface area contributed by atoms with Crippen LogP contribution in [0.5, 0.6) is 5.75 Å². The molecular formula is C24H36N4O6. The summed E-state index contributed by atoms with van der Waals surface area (Å²) in [5, 5.41) is 15.6. The maximum absolute atomic E-state index is 13.6. The lowest BCUT2D eigenvalue weighted by atomic mass is 10.0. The summed E-state index contributed by atoms with van der Waals surface area (Å²) in [6, 6.07) is 3.48. The van der Waals surface area contributed by atoms with Gasteiger partial charge >= 0.3 is 6.09 Å². The molecule has 1 aromatic rings. The van der Waals surface area contributed by atoms with E-state index >= 15 is 0 Å². The summed E-state index contributed by atoms with van der Waals surface area (Å²) in [4.78, 5) is 51.9. The maximum atomic E-state index is 13.6. The number of amides is 4. The Kier molecular flexibility index (Phi) is 11.1. The molecule has 0 aliphatic heterocycles. The van der Waals surface area contributed by atoms with Crippen molar-refractivity contribution < 1.29 is 29.0 Å². The Labute approximate surface area is 200 Å². The molecule has 0 heterocycles. The lowest BCUT2D eigenvalue weighted by Crippen LogP contribution is -2.54. The van der Waals surface area contributed by atoms with Gasteiger partial charge in [-0.1, -0.05) is 37.6 Å². The molecule has 4 amide bonds. The van der Waals surface area contributed by atoms with Crippen LogP contribution in [0, 0.1) is 0 Å². The molecule has 0 radical (unpaired) electrons. The topological polar surface area (TPSA) is 151 Å². The highest BCUT2D eigenvalue weighted by molar-refractivity contribution is 5.94. The van der Waals surface area contributed by atoms with Crippen LogP contribution in [-0.2, 0) is 19.1 Å². The molecule has 0 aromatic heterocycles. The Bertz CT molecular complexity index is 880. The van der Waals surface area contributed by atoms with Gasteiger partial charge in [-0.05, 0) is 33.3 Å². The van der Waals surface area contributed by atoms with Gasteiger partial charge in [0.2, 0.25) is 17.7 Å². The zero-order valence-electron chi connectivity index (χ0n) is 20.3. The minimum absolute atomic E-state index is 0.107. The van der Waals surface area contributed by atoms with Crippen LogP contribution in [0.25, 0.3) is 0 Å². The Hall–Kier alpha value is -3.56. The number of benzene rings is 1. The number of phenols is 1. The number of hydrogen-bond acceptors (Lipinski definition) is 6. The first-order valence-corrected chi connectivity index (χ1v) is 11.2. The molecule has 34 heavy (non-hydrogen) atoms. The number of ether oxygens (including phenoxy) is 1. The number of para-hydroxylation sites is 1. The molecule has 0 aliphatic rings. The van der Waals surface area contributed by atoms with Crippen LogP contribution in [-0.4, -0.2) is 58.6 Å². The van der Waals surface area contributed by atoms with Gasteiger partial charge in [0, 0.05) is 18.7 Å². The van der Waals surface area contributed by atoms with Crippen LogP contribution < -0.4 is 16.4 Å². The van der Waals surface area contributed by atoms with Crippen molar-refractivity contribution in [1.29, 1.82) is 0 Å². The zero-order valence-corrected chi connectivity index (χ0v) is 20.3. The summed E-state index contributed by atoms with van der Waals surface area (Å²) < 4.78 is 5.20. The number of carbonyl (C=O) groups is 4. The number of primary amides is 1. The van der Waals surface area contributed by atoms with E-state index in [1.54, 1.807) is 32.9 Å². The van der Waals surface area contributed by atoms with Gasteiger partial charge in [0.1, 0.15) is 23.4 Å². The fourth-order valence-electron chi connectivity index (χ4n) is 3.17. The molecule has 2 unspecified atom stereocenters. The van der Waals surface area contributed by atoms with Crippen molar-refractivity contribution in [1.82, 2.24) is 15.5 Å². The average molecular weight is 477 g/mol. The fraction of sp³-hybridized carbons (Fsp3) is 0.500. The third-order valence-corrected chi connectivity index (χ3v) is 4.62. The predicted octanol–water partition coefficient (Wildman–Crippen LogP) is 2.13. The molecule has 188 valence electrons. The van der Waals surface area contributed by atoms with E-state index < -0.39 is 47.9 Å². The second kappa shape index (κ2) is 13.2. The Morgan fingerprint density at radius 2 is 1.88 bits per heavy atom. The van der Waals surface area contributed by atoms with Gasteiger partial charge in [-0.2, -0.15) is 0 Å². The van der Waals surface area contributed by atoms with E-state index in [0.717, 1.165) is 17.7 Å². The van der Waals surface area contributed by atoms with Crippen LogP contribution in [0.2, 0.25) is 0 Å². The first kappa shape index (κ1) is 28.5. The van der Waals surface area contributed by atoms with E-state index in [0.29, 0.717) is 6.54 Å². The quantitative estimate of drug-likeness (QED) is 0.268. The molecule has 0 saturated carbocycles. The molecule has 10 heteroatoms. The van der Waals surface area contributed by atoms with E-state index in [2.05, 4.69) is 17.2 Å². The molecule has 5 N–H and O–H groups in total. The van der Waals surface area contributed by atoms with Crippen molar-refractivity contribution in [3.8, 4) is 5.75 Å². The summed E-state index contributed by atoms with van der Waals surface area (Å²) in [7, 11) is 0. The van der Waals surface area contributed by atoms with Crippen molar-refractivity contribution in [3.05, 3.63) is 42.5 Å². The van der Waals surface area contributed by atoms with Crippen LogP contribution in [0.15, 0.2) is 36.9 Å². The number of phenolic OH excluding ortho intramolecular Hbond substituents is 1. The number of alkyl carbamates (subject to hydrolysis) is 1. The van der Waals surface area contributed by atoms with E-state index in [-0.39, 0.29) is 17.9 Å². The summed E-state index contributed by atoms with van der Waals surface area (Å²) in [6.07, 6.45) is 1.53. The highest BCUT2D eigenvalue weighted by atomic mass is 16.6. The Morgan fingerprint density at radius 1 is 1.24 bits per heavy atom. The average Bonchev–Trinajstić information content (AvgIpc) is 2.72. The molecule has 10 nitrogen and oxygen atoms in total. The minimum Gasteiger partial charge on any atom is -0.508 e. The van der Waals surface area contributed by atoms with Gasteiger partial charge in [0.25, 0.3) is 0 Å². The van der Waals surface area contributed by atoms with E-state index in [9.17, 15) is 24.3 Å². The van der Waals surface area contributed by atoms with Crippen molar-refractivity contribution in [2.24, 2.45) is 5.73 Å². The van der Waals surface area contributed by atoms with Crippen LogP contribution in [0.3, 0.4) is 0 Å². The maximum Gasteiger partial charge on any atom is 0.408 e. The molecule has 0 spiro atoms. The van der Waals surface area contributed by atoms with Gasteiger partial charge in [-0.3, -0.25) is 14.4 Å². The van der Waals surface area contributed by atoms with Gasteiger partial charge in [-0.25, -0.2) is 4.79 Å². The number of nitrogens with one attached hydrogen (secondary N) is 2. The summed E-state index contributed by atoms with van der Waals surface area (Å²) >= 11 is 0. The highest BCUT2D eigenvalue weighted by Crippen LogP contribution is 2.30. The SMILES string of the molecule is C=CCN(C(=O)C(CC(N)=O)NC(=O)OC(C)(C)C)C(C(=O)NCCCC)c1ccccc1O. The number of rotatable bonds is 12. The Balaban J connectivity index is 3.41. The van der Waals surface area contributed by atoms with Crippen LogP contribution in [0.1, 0.15) is 58.6 Å². The largest absolute Gasteiger partial charge is 0.508 e. The third kappa shape index (κ3) is 9.13. The smallest absolute Gasteiger partial charge is 0.408 e. The molecule has 0 bridgehead atoms. The highest BCUT2D eigenvalue weighted by Gasteiger charge is 2.37. The Morgan fingerprint density at radius 3 is 2.41 bits per heavy atom. The fourth-order valence-corrected chi connectivity index (χ4v) is 3.17. The van der Waals surface area contributed by atoms with Gasteiger partial charge in [-0.15, -0.1) is 6.58 Å². The molecular weight excluding hydrogens is 440 g/mol. The standard InChI is InChI=1S/C24H36N4O6/c1-6-8-13-26-21(31)20(16-11-9-10-12-18(16)29)28(14-7-2)22(32)17(15-19(25)30)27-23(33)34-24(3,4)5/h7,9-12,17,20,29H,2,6,8,13-15H2,1,3-5H3,(H2,25,30)(H,26,31)(H,27,33). The van der Waals surface area contributed by atoms with Crippen molar-refractivity contribution >= 4 is 23.8 Å². The molecule has 1 rings (SSSR count). The predicted molar refractivity (Wildman–Crippen MR) is 128 cm³/mol. The first-order chi connectivity index (χ1) is 15.9. The molecule has 1 aromatic carbocycles. The monoisotopic (exact) mass is 476 g/mol. The molecule has 0 aliphatic carbocycles. The normalized spacial score (nSPS) is 12.7. The lowest BCUT2D eigenvalue weighted by molar-refractivity contribution is -0.142. The number of carbonyl (C=O) groups excluding carboxylic acids is 4. The van der Waals surface area contributed by atoms with Crippen LogP contribution in [0.4, 0.5) is 4.79 Å². The van der Waals surface area contributed by atoms with Crippen LogP contribution >= 0.6 is 0 Å². The van der Waals surface area contributed by atoms with Gasteiger partial charge < -0.3 is 31.1 Å². The number of nitrogens with two attached hydrogens (primary N) is 1. The zero-order chi connectivity index (χ0) is 25.9. The lowest BCUT2D eigenvalue weighted by Gasteiger charge is -2.33. The van der Waals surface area contributed by atoms with E-state index in [1.807, 2.05) is 6.92 Å². The second-order valence-corrected chi connectivity index (χ2v) is 8.75. The van der Waals surface area contributed by atoms with Crippen molar-refractivity contribution in [2.75, 3.05) is 13.1 Å². The summed E-state index contributed by atoms with van der Waals surface area (Å²) in [5.74, 6) is -2.31. The number of unbranched alkanes of at least 4 members (excludes halogenated alkanes) is 1. The molecule has 2 atom stereocenters. The van der Waals surface area contributed by atoms with Crippen molar-refractivity contribution in [2.45, 2.75) is 64.6 Å². The van der Waals surface area contributed by atoms with E-state index in [1.165, 1.54) is 18.2 Å². The van der Waals surface area contributed by atoms with Gasteiger partial charge in [0.05, 0.1) is 6.42 Å². The number of hydrogen-bond donors (Lipinski definition) is 4. The minimum atomic E-state index is -1.40. The summed E-state index contributed by atoms with van der Waals surface area (Å²) in [6.45, 7) is 10.8. The van der Waals surface area contributed by atoms with Crippen molar-refractivity contribution in [3.63, 3.8) is 0 Å². The summed E-state index contributed by atoms with van der Waals surface area (Å²) in [5.41, 5.74) is 4.66. The second-order valence-electron chi connectivity index (χ2n) is 8.75. The van der Waals surface area contributed by atoms with E-state index in [4.69, 9.17) is 10.5 Å². The third-order valence-electron chi connectivity index (χ3n) is 4.62. The first-order valence-electron chi connectivity index (χ1n) is 11.2. The molecule has 0 saturated heterocycles.